The third kappa shape index (κ3) is 3.08. The summed E-state index contributed by atoms with van der Waals surface area (Å²) < 4.78 is 5.31. The van der Waals surface area contributed by atoms with Gasteiger partial charge in [0, 0.05) is 19.2 Å². The fraction of sp³-hybridized carbons (Fsp3) is 0.583. The Morgan fingerprint density at radius 3 is 3.28 bits per heavy atom. The van der Waals surface area contributed by atoms with Gasteiger partial charge in [0.05, 0.1) is 19.2 Å². The molecule has 1 fully saturated rings. The van der Waals surface area contributed by atoms with Crippen LogP contribution in [0, 0.1) is 11.3 Å². The Morgan fingerprint density at radius 1 is 1.61 bits per heavy atom. The molecule has 2 heterocycles. The van der Waals surface area contributed by atoms with E-state index >= 15 is 0 Å². The van der Waals surface area contributed by atoms with Gasteiger partial charge in [-0.25, -0.2) is 9.97 Å². The van der Waals surface area contributed by atoms with Crippen LogP contribution in [0.5, 0.6) is 0 Å². The second-order valence-corrected chi connectivity index (χ2v) is 4.12. The highest BCUT2D eigenvalue weighted by molar-refractivity contribution is 5.48. The molecule has 96 valence electrons. The minimum atomic E-state index is -0.374. The average Bonchev–Trinajstić information content (AvgIpc) is 2.45. The quantitative estimate of drug-likeness (QED) is 0.856. The first-order chi connectivity index (χ1) is 8.83. The molecule has 0 amide bonds. The van der Waals surface area contributed by atoms with Crippen LogP contribution in [-0.2, 0) is 4.74 Å². The molecule has 6 nitrogen and oxygen atoms in total. The lowest BCUT2D eigenvalue weighted by Crippen LogP contribution is -2.42. The van der Waals surface area contributed by atoms with Gasteiger partial charge in [-0.15, -0.1) is 0 Å². The minimum absolute atomic E-state index is 0.374. The van der Waals surface area contributed by atoms with E-state index in [0.29, 0.717) is 13.2 Å². The second-order valence-electron chi connectivity index (χ2n) is 4.12. The lowest BCUT2D eigenvalue weighted by molar-refractivity contribution is 0.0761. The van der Waals surface area contributed by atoms with Crippen LogP contribution in [0.25, 0.3) is 0 Å². The van der Waals surface area contributed by atoms with E-state index in [4.69, 9.17) is 10.00 Å². The van der Waals surface area contributed by atoms with Crippen molar-refractivity contribution in [3.05, 3.63) is 12.4 Å². The van der Waals surface area contributed by atoms with Gasteiger partial charge >= 0.3 is 0 Å². The molecular formula is C12H17N5O. The smallest absolute Gasteiger partial charge is 0.161 e. The maximum absolute atomic E-state index is 8.88. The topological polar surface area (TPSA) is 74.1 Å². The molecule has 6 heteroatoms. The summed E-state index contributed by atoms with van der Waals surface area (Å²) in [6.45, 7) is 4.86. The third-order valence-corrected chi connectivity index (χ3v) is 2.74. The van der Waals surface area contributed by atoms with Gasteiger partial charge in [0.25, 0.3) is 0 Å². The Bertz CT molecular complexity index is 431. The number of anilines is 2. The maximum Gasteiger partial charge on any atom is 0.161 e. The Labute approximate surface area is 107 Å². The summed E-state index contributed by atoms with van der Waals surface area (Å²) in [4.78, 5) is 10.5. The fourth-order valence-electron chi connectivity index (χ4n) is 1.81. The Hall–Kier alpha value is -1.87. The molecule has 18 heavy (non-hydrogen) atoms. The zero-order valence-corrected chi connectivity index (χ0v) is 10.5. The molecule has 1 atom stereocenters. The summed E-state index contributed by atoms with van der Waals surface area (Å²) in [6, 6.07) is 4.04. The summed E-state index contributed by atoms with van der Waals surface area (Å²) >= 11 is 0. The molecule has 1 aromatic rings. The zero-order chi connectivity index (χ0) is 12.8. The summed E-state index contributed by atoms with van der Waals surface area (Å²) in [5, 5.41) is 12.1. The highest BCUT2D eigenvalue weighted by atomic mass is 16.5. The molecular weight excluding hydrogens is 230 g/mol. The second kappa shape index (κ2) is 6.17. The van der Waals surface area contributed by atoms with E-state index in [1.54, 1.807) is 6.33 Å². The standard InChI is InChI=1S/C12H17N5O/c1-2-3-14-11-6-12(16-9-15-11)17-4-5-18-10(7-13)8-17/h6,9-10H,2-5,8H2,1H3,(H,14,15,16). The van der Waals surface area contributed by atoms with Gasteiger partial charge in [-0.1, -0.05) is 6.92 Å². The summed E-state index contributed by atoms with van der Waals surface area (Å²) in [6.07, 6.45) is 2.22. The first-order valence-corrected chi connectivity index (χ1v) is 6.15. The number of aromatic nitrogens is 2. The van der Waals surface area contributed by atoms with Crippen LogP contribution < -0.4 is 10.2 Å². The van der Waals surface area contributed by atoms with E-state index in [1.807, 2.05) is 6.07 Å². The number of ether oxygens (including phenoxy) is 1. The molecule has 1 N–H and O–H groups in total. The average molecular weight is 247 g/mol. The van der Waals surface area contributed by atoms with Gasteiger partial charge in [0.15, 0.2) is 6.10 Å². The molecule has 1 aliphatic heterocycles. The van der Waals surface area contributed by atoms with E-state index in [9.17, 15) is 0 Å². The van der Waals surface area contributed by atoms with Crippen LogP contribution in [0.4, 0.5) is 11.6 Å². The van der Waals surface area contributed by atoms with Crippen molar-refractivity contribution in [3.8, 4) is 6.07 Å². The van der Waals surface area contributed by atoms with E-state index in [2.05, 4.69) is 33.2 Å². The van der Waals surface area contributed by atoms with Gasteiger partial charge < -0.3 is 15.0 Å². The van der Waals surface area contributed by atoms with Crippen LogP contribution in [0.1, 0.15) is 13.3 Å². The molecule has 0 aromatic carbocycles. The van der Waals surface area contributed by atoms with Crippen LogP contribution in [0.15, 0.2) is 12.4 Å². The predicted molar refractivity (Wildman–Crippen MR) is 68.4 cm³/mol. The van der Waals surface area contributed by atoms with Crippen molar-refractivity contribution in [1.29, 1.82) is 5.26 Å². The van der Waals surface area contributed by atoms with Crippen LogP contribution >= 0.6 is 0 Å². The number of nitriles is 1. The monoisotopic (exact) mass is 247 g/mol. The number of nitrogens with zero attached hydrogens (tertiary/aromatic N) is 4. The Balaban J connectivity index is 2.05. The Morgan fingerprint density at radius 2 is 2.50 bits per heavy atom. The van der Waals surface area contributed by atoms with Crippen molar-refractivity contribution in [2.75, 3.05) is 36.5 Å². The Kier molecular flexibility index (Phi) is 4.31. The first kappa shape index (κ1) is 12.6. The van der Waals surface area contributed by atoms with Gasteiger partial charge in [0.1, 0.15) is 18.0 Å². The maximum atomic E-state index is 8.88. The summed E-state index contributed by atoms with van der Waals surface area (Å²) in [5.41, 5.74) is 0. The zero-order valence-electron chi connectivity index (χ0n) is 10.5. The number of rotatable bonds is 4. The van der Waals surface area contributed by atoms with E-state index < -0.39 is 0 Å². The van der Waals surface area contributed by atoms with Gasteiger partial charge in [-0.05, 0) is 6.42 Å². The van der Waals surface area contributed by atoms with Crippen molar-refractivity contribution < 1.29 is 4.74 Å². The molecule has 1 aromatic heterocycles. The van der Waals surface area contributed by atoms with Crippen molar-refractivity contribution in [3.63, 3.8) is 0 Å². The number of morpholine rings is 1. The van der Waals surface area contributed by atoms with Crippen LogP contribution in [0.3, 0.4) is 0 Å². The van der Waals surface area contributed by atoms with Crippen LogP contribution in [0.2, 0.25) is 0 Å². The SMILES string of the molecule is CCCNc1cc(N2CCOC(C#N)C2)ncn1. The minimum Gasteiger partial charge on any atom is -0.370 e. The van der Waals surface area contributed by atoms with E-state index in [-0.39, 0.29) is 6.10 Å². The molecule has 0 aliphatic carbocycles. The summed E-state index contributed by atoms with van der Waals surface area (Å²) in [7, 11) is 0. The van der Waals surface area contributed by atoms with E-state index in [1.165, 1.54) is 0 Å². The molecule has 1 unspecified atom stereocenters. The molecule has 0 spiro atoms. The fourth-order valence-corrected chi connectivity index (χ4v) is 1.81. The van der Waals surface area contributed by atoms with Crippen LogP contribution in [-0.4, -0.2) is 42.3 Å². The molecule has 1 saturated heterocycles. The van der Waals surface area contributed by atoms with Gasteiger partial charge in [0.2, 0.25) is 0 Å². The first-order valence-electron chi connectivity index (χ1n) is 6.15. The van der Waals surface area contributed by atoms with Gasteiger partial charge in [-0.2, -0.15) is 5.26 Å². The number of hydrogen-bond acceptors (Lipinski definition) is 6. The highest BCUT2D eigenvalue weighted by Gasteiger charge is 2.21. The molecule has 0 radical (unpaired) electrons. The van der Waals surface area contributed by atoms with Gasteiger partial charge in [-0.3, -0.25) is 0 Å². The number of nitrogens with one attached hydrogen (secondary N) is 1. The third-order valence-electron chi connectivity index (χ3n) is 2.74. The molecule has 2 rings (SSSR count). The van der Waals surface area contributed by atoms with E-state index in [0.717, 1.165) is 31.1 Å². The van der Waals surface area contributed by atoms with Crippen molar-refractivity contribution in [2.45, 2.75) is 19.4 Å². The molecule has 0 bridgehead atoms. The highest BCUT2D eigenvalue weighted by Crippen LogP contribution is 2.17. The van der Waals surface area contributed by atoms with Crippen molar-refractivity contribution >= 4 is 11.6 Å². The lowest BCUT2D eigenvalue weighted by atomic mass is 10.3. The normalized spacial score (nSPS) is 19.3. The van der Waals surface area contributed by atoms with Crippen molar-refractivity contribution in [2.24, 2.45) is 0 Å². The molecule has 0 saturated carbocycles. The lowest BCUT2D eigenvalue weighted by Gasteiger charge is -2.30. The summed E-state index contributed by atoms with van der Waals surface area (Å²) in [5.74, 6) is 1.66. The predicted octanol–water partition coefficient (Wildman–Crippen LogP) is 1.03. The molecule has 1 aliphatic rings. The largest absolute Gasteiger partial charge is 0.370 e. The van der Waals surface area contributed by atoms with Crippen molar-refractivity contribution in [1.82, 2.24) is 9.97 Å². The number of hydrogen-bond donors (Lipinski definition) is 1.